The van der Waals surface area contributed by atoms with Crippen molar-refractivity contribution in [2.45, 2.75) is 29.2 Å². The van der Waals surface area contributed by atoms with E-state index in [2.05, 4.69) is 11.8 Å². The molecule has 3 atom stereocenters. The minimum atomic E-state index is -1.61. The molecule has 2 aromatic rings. The Morgan fingerprint density at radius 2 is 2.07 bits per heavy atom. The second-order valence-corrected chi connectivity index (χ2v) is 9.18. The number of carboxylic acids is 1. The van der Waals surface area contributed by atoms with Crippen molar-refractivity contribution in [1.29, 1.82) is 0 Å². The first-order chi connectivity index (χ1) is 13.9. The van der Waals surface area contributed by atoms with Gasteiger partial charge in [0.2, 0.25) is 0 Å². The predicted octanol–water partition coefficient (Wildman–Crippen LogP) is 3.52. The van der Waals surface area contributed by atoms with E-state index in [1.54, 1.807) is 6.07 Å². The highest BCUT2D eigenvalue weighted by atomic mass is 32.2. The van der Waals surface area contributed by atoms with Gasteiger partial charge < -0.3 is 19.8 Å². The van der Waals surface area contributed by atoms with Crippen molar-refractivity contribution in [2.75, 3.05) is 30.1 Å². The zero-order valence-electron chi connectivity index (χ0n) is 16.4. The summed E-state index contributed by atoms with van der Waals surface area (Å²) >= 11 is 1.46. The van der Waals surface area contributed by atoms with E-state index in [4.69, 9.17) is 9.84 Å². The number of benzene rings is 2. The summed E-state index contributed by atoms with van der Waals surface area (Å²) in [7, 11) is -1.21. The first-order valence-corrected chi connectivity index (χ1v) is 12.0. The van der Waals surface area contributed by atoms with Gasteiger partial charge in [0.25, 0.3) is 0 Å². The lowest BCUT2D eigenvalue weighted by Gasteiger charge is -2.28. The maximum absolute atomic E-state index is 13.1. The van der Waals surface area contributed by atoms with Crippen LogP contribution < -0.4 is 9.64 Å². The van der Waals surface area contributed by atoms with Gasteiger partial charge in [0.15, 0.2) is 6.10 Å². The van der Waals surface area contributed by atoms with Crippen LogP contribution in [0.25, 0.3) is 0 Å². The summed E-state index contributed by atoms with van der Waals surface area (Å²) in [6, 6.07) is 13.7. The largest absolute Gasteiger partial charge is 0.489 e. The Labute approximate surface area is 177 Å². The number of aliphatic hydroxyl groups is 1. The maximum atomic E-state index is 13.1. The number of aliphatic hydroxyl groups excluding tert-OH is 1. The molecule has 8 heteroatoms. The van der Waals surface area contributed by atoms with Gasteiger partial charge in [0, 0.05) is 18.0 Å². The molecule has 1 aliphatic rings. The number of nitrogens with zero attached hydrogens (tertiary/aromatic N) is 1. The first-order valence-electron chi connectivity index (χ1n) is 9.41. The fraction of sp³-hybridized carbons (Fsp3) is 0.381. The molecule has 0 saturated carbocycles. The number of rotatable bonds is 7. The van der Waals surface area contributed by atoms with E-state index in [1.807, 2.05) is 42.7 Å². The summed E-state index contributed by atoms with van der Waals surface area (Å²) in [4.78, 5) is 14.6. The number of carboxylic acid groups (broad SMARTS) is 1. The molecule has 29 heavy (non-hydrogen) atoms. The Balaban J connectivity index is 2.06. The molecule has 0 fully saturated rings. The second-order valence-electron chi connectivity index (χ2n) is 6.87. The normalized spacial score (nSPS) is 19.9. The Morgan fingerprint density at radius 1 is 1.34 bits per heavy atom. The van der Waals surface area contributed by atoms with Crippen molar-refractivity contribution in [2.24, 2.45) is 5.92 Å². The van der Waals surface area contributed by atoms with Crippen LogP contribution in [0.3, 0.4) is 0 Å². The average Bonchev–Trinajstić information content (AvgIpc) is 2.87. The molecule has 2 aromatic carbocycles. The number of anilines is 2. The Morgan fingerprint density at radius 3 is 2.69 bits per heavy atom. The van der Waals surface area contributed by atoms with Crippen LogP contribution in [0.5, 0.6) is 5.75 Å². The van der Waals surface area contributed by atoms with Gasteiger partial charge in [-0.3, -0.25) is 4.21 Å². The third kappa shape index (κ3) is 4.94. The molecular weight excluding hydrogens is 410 g/mol. The highest BCUT2D eigenvalue weighted by Gasteiger charge is 2.28. The summed E-state index contributed by atoms with van der Waals surface area (Å²) < 4.78 is 18.7. The van der Waals surface area contributed by atoms with E-state index in [-0.39, 0.29) is 12.5 Å². The standard InChI is InChI=1S/C21H25NO5S2/c1-3-14-11-22(15-7-5-4-6-8-15)16-9-19(28-2)18(10-20(16)29(26)13-14)27-12-17(23)21(24)25/h4-10,14,17,23H,3,11-13H2,1-2H3,(H,24,25). The van der Waals surface area contributed by atoms with Crippen LogP contribution >= 0.6 is 11.8 Å². The zero-order chi connectivity index (χ0) is 21.0. The molecule has 0 saturated heterocycles. The third-order valence-electron chi connectivity index (χ3n) is 4.94. The molecule has 156 valence electrons. The zero-order valence-corrected chi connectivity index (χ0v) is 18.0. The van der Waals surface area contributed by atoms with Gasteiger partial charge in [-0.25, -0.2) is 4.79 Å². The van der Waals surface area contributed by atoms with Gasteiger partial charge in [0.1, 0.15) is 12.4 Å². The number of para-hydroxylation sites is 1. The van der Waals surface area contributed by atoms with E-state index in [1.165, 1.54) is 11.8 Å². The summed E-state index contributed by atoms with van der Waals surface area (Å²) in [6.45, 7) is 2.51. The summed E-state index contributed by atoms with van der Waals surface area (Å²) in [5.41, 5.74) is 1.91. The second kappa shape index (κ2) is 9.65. The lowest BCUT2D eigenvalue weighted by atomic mass is 10.1. The molecule has 0 spiro atoms. The lowest BCUT2D eigenvalue weighted by Crippen LogP contribution is -2.27. The summed E-state index contributed by atoms with van der Waals surface area (Å²) in [5.74, 6) is -0.0647. The monoisotopic (exact) mass is 435 g/mol. The van der Waals surface area contributed by atoms with Crippen LogP contribution in [0.15, 0.2) is 52.3 Å². The molecule has 1 aliphatic heterocycles. The Bertz CT molecular complexity index is 890. The number of hydrogen-bond donors (Lipinski definition) is 2. The molecule has 0 aliphatic carbocycles. The van der Waals surface area contributed by atoms with E-state index < -0.39 is 22.9 Å². The number of aliphatic carboxylic acids is 1. The fourth-order valence-electron chi connectivity index (χ4n) is 3.25. The highest BCUT2D eigenvalue weighted by molar-refractivity contribution is 7.98. The molecule has 0 bridgehead atoms. The van der Waals surface area contributed by atoms with Gasteiger partial charge in [-0.2, -0.15) is 0 Å². The number of ether oxygens (including phenoxy) is 1. The smallest absolute Gasteiger partial charge is 0.336 e. The predicted molar refractivity (Wildman–Crippen MR) is 116 cm³/mol. The van der Waals surface area contributed by atoms with E-state index >= 15 is 0 Å². The van der Waals surface area contributed by atoms with Gasteiger partial charge in [-0.05, 0) is 36.4 Å². The van der Waals surface area contributed by atoms with Crippen LogP contribution in [-0.2, 0) is 15.6 Å². The van der Waals surface area contributed by atoms with Crippen molar-refractivity contribution in [3.8, 4) is 5.75 Å². The van der Waals surface area contributed by atoms with Crippen LogP contribution in [0.1, 0.15) is 13.3 Å². The van der Waals surface area contributed by atoms with Gasteiger partial charge in [-0.1, -0.05) is 31.5 Å². The van der Waals surface area contributed by atoms with Crippen molar-refractivity contribution in [3.05, 3.63) is 42.5 Å². The first kappa shape index (κ1) is 21.7. The molecule has 0 radical (unpaired) electrons. The minimum Gasteiger partial charge on any atom is -0.489 e. The van der Waals surface area contributed by atoms with Crippen LogP contribution in [0, 0.1) is 5.92 Å². The molecule has 2 N–H and O–H groups in total. The van der Waals surface area contributed by atoms with Crippen LogP contribution in [-0.4, -0.2) is 51.7 Å². The van der Waals surface area contributed by atoms with Crippen molar-refractivity contribution in [1.82, 2.24) is 0 Å². The van der Waals surface area contributed by atoms with E-state index in [9.17, 15) is 14.1 Å². The number of thioether (sulfide) groups is 1. The molecule has 0 aromatic heterocycles. The molecule has 3 unspecified atom stereocenters. The maximum Gasteiger partial charge on any atom is 0.336 e. The van der Waals surface area contributed by atoms with E-state index in [0.717, 1.165) is 29.2 Å². The SMILES string of the molecule is CCC1CN(c2ccccc2)c2cc(SC)c(OCC(O)C(=O)O)cc2S(=O)C1. The highest BCUT2D eigenvalue weighted by Crippen LogP contribution is 2.42. The van der Waals surface area contributed by atoms with Gasteiger partial charge in [-0.15, -0.1) is 11.8 Å². The number of fused-ring (bicyclic) bond motifs is 1. The quantitative estimate of drug-likeness (QED) is 0.644. The van der Waals surface area contributed by atoms with Gasteiger partial charge in [0.05, 0.1) is 26.3 Å². The van der Waals surface area contributed by atoms with Crippen LogP contribution in [0.2, 0.25) is 0 Å². The molecule has 6 nitrogen and oxygen atoms in total. The minimum absolute atomic E-state index is 0.277. The fourth-order valence-corrected chi connectivity index (χ4v) is 5.39. The van der Waals surface area contributed by atoms with Crippen LogP contribution in [0.4, 0.5) is 11.4 Å². The Kier molecular flexibility index (Phi) is 7.21. The Hall–Kier alpha value is -2.03. The molecule has 1 heterocycles. The number of carbonyl (C=O) groups is 1. The number of hydrogen-bond acceptors (Lipinski definition) is 6. The van der Waals surface area contributed by atoms with Crippen molar-refractivity contribution in [3.63, 3.8) is 0 Å². The van der Waals surface area contributed by atoms with E-state index in [0.29, 0.717) is 16.4 Å². The lowest BCUT2D eigenvalue weighted by molar-refractivity contribution is -0.148. The van der Waals surface area contributed by atoms with Gasteiger partial charge >= 0.3 is 5.97 Å². The molecule has 3 rings (SSSR count). The van der Waals surface area contributed by atoms with Crippen molar-refractivity contribution >= 4 is 39.9 Å². The molecular formula is C21H25NO5S2. The summed E-state index contributed by atoms with van der Waals surface area (Å²) in [5, 5.41) is 18.4. The third-order valence-corrected chi connectivity index (χ3v) is 7.29. The summed E-state index contributed by atoms with van der Waals surface area (Å²) in [6.07, 6.45) is 1.21. The topological polar surface area (TPSA) is 87.1 Å². The average molecular weight is 436 g/mol. The molecule has 0 amide bonds. The van der Waals surface area contributed by atoms with Crippen molar-refractivity contribution < 1.29 is 24.0 Å².